The predicted octanol–water partition coefficient (Wildman–Crippen LogP) is 2.31. The minimum Gasteiger partial charge on any atom is -0.378 e. The van der Waals surface area contributed by atoms with E-state index >= 15 is 0 Å². The highest BCUT2D eigenvalue weighted by Gasteiger charge is 2.23. The molecule has 2 rings (SSSR count). The first kappa shape index (κ1) is 15.7. The maximum absolute atomic E-state index is 12.3. The molecule has 0 amide bonds. The van der Waals surface area contributed by atoms with E-state index in [1.165, 1.54) is 22.6 Å². The van der Waals surface area contributed by atoms with Crippen LogP contribution < -0.4 is 0 Å². The quantitative estimate of drug-likeness (QED) is 0.782. The summed E-state index contributed by atoms with van der Waals surface area (Å²) in [5, 5.41) is 0.280. The Morgan fingerprint density at radius 1 is 1.45 bits per heavy atom. The predicted molar refractivity (Wildman–Crippen MR) is 77.3 cm³/mol. The van der Waals surface area contributed by atoms with Gasteiger partial charge in [-0.2, -0.15) is 0 Å². The average molecular weight is 319 g/mol. The van der Waals surface area contributed by atoms with Crippen LogP contribution in [0.25, 0.3) is 0 Å². The standard InChI is InChI=1S/C13H19ClN2O3S/c1-16(8-7-11-4-2-3-9-19-11)20(17,18)12-5-6-13(14)15-10-12/h5-6,10-11H,2-4,7-9H2,1H3. The van der Waals surface area contributed by atoms with E-state index in [0.29, 0.717) is 6.54 Å². The van der Waals surface area contributed by atoms with Crippen molar-refractivity contribution in [2.75, 3.05) is 20.2 Å². The van der Waals surface area contributed by atoms with Crippen LogP contribution in [0.1, 0.15) is 25.7 Å². The van der Waals surface area contributed by atoms with Gasteiger partial charge in [-0.25, -0.2) is 17.7 Å². The number of nitrogens with zero attached hydrogens (tertiary/aromatic N) is 2. The Morgan fingerprint density at radius 2 is 2.25 bits per heavy atom. The zero-order valence-electron chi connectivity index (χ0n) is 11.5. The summed E-state index contributed by atoms with van der Waals surface area (Å²) in [5.41, 5.74) is 0. The summed E-state index contributed by atoms with van der Waals surface area (Å²) in [6, 6.07) is 2.95. The van der Waals surface area contributed by atoms with E-state index in [1.54, 1.807) is 7.05 Å². The molecule has 20 heavy (non-hydrogen) atoms. The normalized spacial score (nSPS) is 20.2. The van der Waals surface area contributed by atoms with Gasteiger partial charge in [0.05, 0.1) is 6.10 Å². The van der Waals surface area contributed by atoms with Crippen molar-refractivity contribution in [2.24, 2.45) is 0 Å². The molecular formula is C13H19ClN2O3S. The summed E-state index contributed by atoms with van der Waals surface area (Å²) in [5.74, 6) is 0. The van der Waals surface area contributed by atoms with Gasteiger partial charge in [-0.05, 0) is 37.8 Å². The zero-order valence-corrected chi connectivity index (χ0v) is 13.0. The fourth-order valence-electron chi connectivity index (χ4n) is 2.18. The van der Waals surface area contributed by atoms with Gasteiger partial charge in [0.1, 0.15) is 10.0 Å². The van der Waals surface area contributed by atoms with Crippen LogP contribution in [0.5, 0.6) is 0 Å². The van der Waals surface area contributed by atoms with Crippen molar-refractivity contribution in [3.63, 3.8) is 0 Å². The molecule has 1 aromatic rings. The molecule has 7 heteroatoms. The molecule has 0 saturated carbocycles. The Labute approximate surface area is 125 Å². The van der Waals surface area contributed by atoms with Crippen molar-refractivity contribution in [3.8, 4) is 0 Å². The van der Waals surface area contributed by atoms with Crippen molar-refractivity contribution in [1.29, 1.82) is 0 Å². The van der Waals surface area contributed by atoms with Gasteiger partial charge < -0.3 is 4.74 Å². The summed E-state index contributed by atoms with van der Waals surface area (Å²) in [6.45, 7) is 1.22. The maximum atomic E-state index is 12.3. The van der Waals surface area contributed by atoms with Crippen molar-refractivity contribution in [2.45, 2.75) is 36.7 Å². The molecular weight excluding hydrogens is 300 g/mol. The number of sulfonamides is 1. The number of pyridine rings is 1. The van der Waals surface area contributed by atoms with Crippen LogP contribution in [0.2, 0.25) is 5.15 Å². The second kappa shape index (κ2) is 6.85. The fraction of sp³-hybridized carbons (Fsp3) is 0.615. The Balaban J connectivity index is 1.96. The molecule has 1 aliphatic rings. The molecule has 0 N–H and O–H groups in total. The molecule has 0 spiro atoms. The number of aromatic nitrogens is 1. The van der Waals surface area contributed by atoms with Crippen LogP contribution in [0.15, 0.2) is 23.2 Å². The van der Waals surface area contributed by atoms with E-state index in [1.807, 2.05) is 0 Å². The van der Waals surface area contributed by atoms with Crippen molar-refractivity contribution in [1.82, 2.24) is 9.29 Å². The molecule has 0 aromatic carbocycles. The van der Waals surface area contributed by atoms with E-state index in [9.17, 15) is 8.42 Å². The zero-order chi connectivity index (χ0) is 14.6. The van der Waals surface area contributed by atoms with Crippen molar-refractivity contribution in [3.05, 3.63) is 23.5 Å². The molecule has 1 unspecified atom stereocenters. The average Bonchev–Trinajstić information content (AvgIpc) is 2.46. The molecule has 1 atom stereocenters. The highest BCUT2D eigenvalue weighted by Crippen LogP contribution is 2.19. The lowest BCUT2D eigenvalue weighted by atomic mass is 10.1. The van der Waals surface area contributed by atoms with Crippen molar-refractivity contribution >= 4 is 21.6 Å². The minimum absolute atomic E-state index is 0.161. The summed E-state index contributed by atoms with van der Waals surface area (Å²) < 4.78 is 31.6. The van der Waals surface area contributed by atoms with Gasteiger partial charge in [-0.1, -0.05) is 11.6 Å². The van der Waals surface area contributed by atoms with Gasteiger partial charge in [0.15, 0.2) is 0 Å². The number of rotatable bonds is 5. The van der Waals surface area contributed by atoms with Gasteiger partial charge in [0.25, 0.3) is 0 Å². The Morgan fingerprint density at radius 3 is 2.85 bits per heavy atom. The molecule has 1 aliphatic heterocycles. The van der Waals surface area contributed by atoms with Gasteiger partial charge in [0.2, 0.25) is 10.0 Å². The summed E-state index contributed by atoms with van der Waals surface area (Å²) in [6.07, 6.45) is 5.44. The first-order valence-electron chi connectivity index (χ1n) is 6.69. The molecule has 1 fully saturated rings. The van der Waals surface area contributed by atoms with E-state index < -0.39 is 10.0 Å². The van der Waals surface area contributed by atoms with Crippen LogP contribution in [-0.2, 0) is 14.8 Å². The van der Waals surface area contributed by atoms with Crippen LogP contribution in [0, 0.1) is 0 Å². The van der Waals surface area contributed by atoms with Crippen LogP contribution in [0.4, 0.5) is 0 Å². The number of ether oxygens (including phenoxy) is 1. The van der Waals surface area contributed by atoms with Crippen LogP contribution in [0.3, 0.4) is 0 Å². The second-order valence-corrected chi connectivity index (χ2v) is 7.35. The van der Waals surface area contributed by atoms with Gasteiger partial charge >= 0.3 is 0 Å². The molecule has 0 bridgehead atoms. The largest absolute Gasteiger partial charge is 0.378 e. The van der Waals surface area contributed by atoms with Gasteiger partial charge in [-0.15, -0.1) is 0 Å². The van der Waals surface area contributed by atoms with E-state index in [0.717, 1.165) is 32.3 Å². The van der Waals surface area contributed by atoms with Crippen molar-refractivity contribution < 1.29 is 13.2 Å². The van der Waals surface area contributed by atoms with Gasteiger partial charge in [-0.3, -0.25) is 0 Å². The van der Waals surface area contributed by atoms with Crippen LogP contribution >= 0.6 is 11.6 Å². The fourth-order valence-corrected chi connectivity index (χ4v) is 3.42. The first-order chi connectivity index (χ1) is 9.50. The Kier molecular flexibility index (Phi) is 5.37. The second-order valence-electron chi connectivity index (χ2n) is 4.92. The third-order valence-corrected chi connectivity index (χ3v) is 5.51. The molecule has 5 nitrogen and oxygen atoms in total. The van der Waals surface area contributed by atoms with Gasteiger partial charge in [0, 0.05) is 26.4 Å². The highest BCUT2D eigenvalue weighted by molar-refractivity contribution is 7.89. The lowest BCUT2D eigenvalue weighted by Crippen LogP contribution is -2.31. The lowest BCUT2D eigenvalue weighted by Gasteiger charge is -2.25. The van der Waals surface area contributed by atoms with Crippen LogP contribution in [-0.4, -0.2) is 44.0 Å². The van der Waals surface area contributed by atoms with E-state index in [2.05, 4.69) is 4.98 Å². The Bertz CT molecular complexity index is 527. The third kappa shape index (κ3) is 3.91. The molecule has 112 valence electrons. The molecule has 1 aromatic heterocycles. The number of hydrogen-bond donors (Lipinski definition) is 0. The smallest absolute Gasteiger partial charge is 0.244 e. The third-order valence-electron chi connectivity index (χ3n) is 3.45. The lowest BCUT2D eigenvalue weighted by molar-refractivity contribution is 0.00950. The maximum Gasteiger partial charge on any atom is 0.244 e. The molecule has 0 aliphatic carbocycles. The molecule has 2 heterocycles. The number of hydrogen-bond acceptors (Lipinski definition) is 4. The molecule has 1 saturated heterocycles. The monoisotopic (exact) mass is 318 g/mol. The Hall–Kier alpha value is -0.690. The summed E-state index contributed by atoms with van der Waals surface area (Å²) in [4.78, 5) is 3.97. The number of halogens is 1. The topological polar surface area (TPSA) is 59.5 Å². The molecule has 0 radical (unpaired) electrons. The first-order valence-corrected chi connectivity index (χ1v) is 8.51. The summed E-state index contributed by atoms with van der Waals surface area (Å²) >= 11 is 5.67. The minimum atomic E-state index is -3.50. The van der Waals surface area contributed by atoms with E-state index in [-0.39, 0.29) is 16.2 Å². The summed E-state index contributed by atoms with van der Waals surface area (Å²) in [7, 11) is -1.92. The van der Waals surface area contributed by atoms with E-state index in [4.69, 9.17) is 16.3 Å². The highest BCUT2D eigenvalue weighted by atomic mass is 35.5. The SMILES string of the molecule is CN(CCC1CCCCO1)S(=O)(=O)c1ccc(Cl)nc1.